The Hall–Kier alpha value is -1.48. The van der Waals surface area contributed by atoms with Crippen LogP contribution in [0.5, 0.6) is 0 Å². The summed E-state index contributed by atoms with van der Waals surface area (Å²) >= 11 is 0. The van der Waals surface area contributed by atoms with Gasteiger partial charge in [0.2, 0.25) is 0 Å². The fourth-order valence-electron chi connectivity index (χ4n) is 2.32. The lowest BCUT2D eigenvalue weighted by Gasteiger charge is -2.18. The molecular formula is C12H18N2O6. The lowest BCUT2D eigenvalue weighted by atomic mass is 10.1. The second-order valence-corrected chi connectivity index (χ2v) is 4.61. The second kappa shape index (κ2) is 5.88. The van der Waals surface area contributed by atoms with Crippen molar-refractivity contribution in [2.45, 2.75) is 24.5 Å². The Morgan fingerprint density at radius 2 is 2.10 bits per heavy atom. The summed E-state index contributed by atoms with van der Waals surface area (Å²) < 4.78 is 17.9. The summed E-state index contributed by atoms with van der Waals surface area (Å²) in [7, 11) is 4.32. The minimum Gasteiger partial charge on any atom is -0.386 e. The Balaban J connectivity index is 2.37. The molecule has 8 heteroatoms. The van der Waals surface area contributed by atoms with E-state index in [1.807, 2.05) is 0 Å². The van der Waals surface area contributed by atoms with Crippen molar-refractivity contribution in [2.24, 2.45) is 7.05 Å². The average Bonchev–Trinajstić information content (AvgIpc) is 2.73. The number of aliphatic hydroxyl groups is 1. The second-order valence-electron chi connectivity index (χ2n) is 4.61. The molecule has 0 radical (unpaired) electrons. The maximum absolute atomic E-state index is 12.0. The number of ether oxygens (including phenoxy) is 3. The lowest BCUT2D eigenvalue weighted by molar-refractivity contribution is -0.0644. The van der Waals surface area contributed by atoms with E-state index < -0.39 is 35.8 Å². The van der Waals surface area contributed by atoms with Crippen LogP contribution < -0.4 is 11.2 Å². The molecular weight excluding hydrogens is 268 g/mol. The first-order valence-corrected chi connectivity index (χ1v) is 6.14. The molecule has 1 fully saturated rings. The summed E-state index contributed by atoms with van der Waals surface area (Å²) in [6.45, 7) is 0.229. The van der Waals surface area contributed by atoms with E-state index in [1.165, 1.54) is 38.1 Å². The first-order chi connectivity index (χ1) is 9.51. The first kappa shape index (κ1) is 14.9. The molecule has 1 aromatic heterocycles. The Kier molecular flexibility index (Phi) is 4.39. The van der Waals surface area contributed by atoms with Gasteiger partial charge in [0.05, 0.1) is 6.61 Å². The molecule has 1 aliphatic rings. The zero-order valence-electron chi connectivity index (χ0n) is 11.6. The van der Waals surface area contributed by atoms with Gasteiger partial charge in [-0.05, 0) is 0 Å². The van der Waals surface area contributed by atoms with E-state index in [-0.39, 0.29) is 6.61 Å². The van der Waals surface area contributed by atoms with Crippen LogP contribution >= 0.6 is 0 Å². The third-order valence-corrected chi connectivity index (χ3v) is 3.40. The number of nitrogens with zero attached hydrogens (tertiary/aromatic N) is 2. The molecule has 0 bridgehead atoms. The standard InChI is InChI=1S/C12H18N2O6/c1-13-8(15)4-5-14(12(13)17)11-9(16)10(19-3)7(20-11)6-18-2/h4-5,7,9-11,16H,6H2,1-3H3/t7-,9+,10?,11-/m1/s1. The normalized spacial score (nSPS) is 29.8. The predicted molar refractivity (Wildman–Crippen MR) is 68.5 cm³/mol. The molecule has 1 unspecified atom stereocenters. The van der Waals surface area contributed by atoms with Gasteiger partial charge >= 0.3 is 5.69 Å². The number of rotatable bonds is 4. The van der Waals surface area contributed by atoms with E-state index in [1.54, 1.807) is 0 Å². The smallest absolute Gasteiger partial charge is 0.332 e. The Bertz CT molecular complexity index is 580. The van der Waals surface area contributed by atoms with Crippen LogP contribution in [0, 0.1) is 0 Å². The highest BCUT2D eigenvalue weighted by molar-refractivity contribution is 4.94. The molecule has 20 heavy (non-hydrogen) atoms. The molecule has 0 saturated carbocycles. The van der Waals surface area contributed by atoms with Gasteiger partial charge < -0.3 is 19.3 Å². The van der Waals surface area contributed by atoms with Crippen molar-refractivity contribution in [3.63, 3.8) is 0 Å². The summed E-state index contributed by atoms with van der Waals surface area (Å²) in [5.41, 5.74) is -0.982. The van der Waals surface area contributed by atoms with Crippen LogP contribution in [0.1, 0.15) is 6.23 Å². The van der Waals surface area contributed by atoms with Gasteiger partial charge in [-0.15, -0.1) is 0 Å². The molecule has 8 nitrogen and oxygen atoms in total. The number of aromatic nitrogens is 2. The Morgan fingerprint density at radius 1 is 1.40 bits per heavy atom. The number of aliphatic hydroxyl groups excluding tert-OH is 1. The number of hydrogen-bond donors (Lipinski definition) is 1. The van der Waals surface area contributed by atoms with Crippen LogP contribution in [-0.2, 0) is 21.3 Å². The van der Waals surface area contributed by atoms with Gasteiger partial charge in [0.1, 0.15) is 18.3 Å². The molecule has 1 aliphatic heterocycles. The molecule has 112 valence electrons. The molecule has 0 aromatic carbocycles. The molecule has 1 N–H and O–H groups in total. The molecule has 0 amide bonds. The van der Waals surface area contributed by atoms with Crippen LogP contribution in [0.3, 0.4) is 0 Å². The monoisotopic (exact) mass is 286 g/mol. The van der Waals surface area contributed by atoms with Gasteiger partial charge in [0.15, 0.2) is 6.23 Å². The van der Waals surface area contributed by atoms with E-state index in [4.69, 9.17) is 14.2 Å². The fraction of sp³-hybridized carbons (Fsp3) is 0.667. The van der Waals surface area contributed by atoms with Crippen LogP contribution in [0.25, 0.3) is 0 Å². The number of methoxy groups -OCH3 is 2. The topological polar surface area (TPSA) is 91.9 Å². The third-order valence-electron chi connectivity index (χ3n) is 3.40. The number of hydrogen-bond acceptors (Lipinski definition) is 6. The quantitative estimate of drug-likeness (QED) is 0.722. The molecule has 1 saturated heterocycles. The lowest BCUT2D eigenvalue weighted by Crippen LogP contribution is -2.42. The van der Waals surface area contributed by atoms with E-state index in [9.17, 15) is 14.7 Å². The molecule has 4 atom stereocenters. The van der Waals surface area contributed by atoms with E-state index in [0.717, 1.165) is 4.57 Å². The molecule has 2 rings (SSSR count). The van der Waals surface area contributed by atoms with Crippen molar-refractivity contribution >= 4 is 0 Å². The van der Waals surface area contributed by atoms with Gasteiger partial charge in [-0.2, -0.15) is 0 Å². The highest BCUT2D eigenvalue weighted by atomic mass is 16.6. The van der Waals surface area contributed by atoms with Crippen molar-refractivity contribution in [2.75, 3.05) is 20.8 Å². The van der Waals surface area contributed by atoms with Crippen molar-refractivity contribution < 1.29 is 19.3 Å². The molecule has 0 aliphatic carbocycles. The van der Waals surface area contributed by atoms with Crippen molar-refractivity contribution in [3.05, 3.63) is 33.1 Å². The maximum atomic E-state index is 12.0. The SMILES string of the molecule is COC[C@H]1O[C@@H](n2ccc(=O)n(C)c2=O)[C@@H](O)C1OC. The van der Waals surface area contributed by atoms with Crippen LogP contribution in [-0.4, -0.2) is 53.4 Å². The van der Waals surface area contributed by atoms with Crippen LogP contribution in [0.15, 0.2) is 21.9 Å². The zero-order valence-corrected chi connectivity index (χ0v) is 11.6. The summed E-state index contributed by atoms with van der Waals surface area (Å²) in [4.78, 5) is 23.4. The van der Waals surface area contributed by atoms with Crippen molar-refractivity contribution in [1.29, 1.82) is 0 Å². The molecule has 1 aromatic rings. The van der Waals surface area contributed by atoms with E-state index in [0.29, 0.717) is 0 Å². The minimum absolute atomic E-state index is 0.229. The summed E-state index contributed by atoms with van der Waals surface area (Å²) in [5.74, 6) is 0. The Morgan fingerprint density at radius 3 is 2.70 bits per heavy atom. The van der Waals surface area contributed by atoms with E-state index >= 15 is 0 Å². The highest BCUT2D eigenvalue weighted by Crippen LogP contribution is 2.30. The predicted octanol–water partition coefficient (Wildman–Crippen LogP) is -1.53. The first-order valence-electron chi connectivity index (χ1n) is 6.14. The summed E-state index contributed by atoms with van der Waals surface area (Å²) in [6.07, 6.45) is -1.74. The van der Waals surface area contributed by atoms with Gasteiger partial charge in [-0.1, -0.05) is 0 Å². The minimum atomic E-state index is -1.03. The fourth-order valence-corrected chi connectivity index (χ4v) is 2.32. The highest BCUT2D eigenvalue weighted by Gasteiger charge is 2.45. The third kappa shape index (κ3) is 2.42. The molecule has 2 heterocycles. The van der Waals surface area contributed by atoms with E-state index in [2.05, 4.69) is 0 Å². The van der Waals surface area contributed by atoms with Gasteiger partial charge in [0.25, 0.3) is 5.56 Å². The van der Waals surface area contributed by atoms with Gasteiger partial charge in [-0.25, -0.2) is 4.79 Å². The molecule has 0 spiro atoms. The van der Waals surface area contributed by atoms with Gasteiger partial charge in [-0.3, -0.25) is 13.9 Å². The van der Waals surface area contributed by atoms with Crippen LogP contribution in [0.4, 0.5) is 0 Å². The summed E-state index contributed by atoms with van der Waals surface area (Å²) in [5, 5.41) is 10.2. The average molecular weight is 286 g/mol. The maximum Gasteiger partial charge on any atom is 0.332 e. The van der Waals surface area contributed by atoms with Crippen molar-refractivity contribution in [3.8, 4) is 0 Å². The Labute approximate surface area is 115 Å². The zero-order chi connectivity index (χ0) is 14.9. The van der Waals surface area contributed by atoms with Crippen LogP contribution in [0.2, 0.25) is 0 Å². The van der Waals surface area contributed by atoms with Crippen molar-refractivity contribution in [1.82, 2.24) is 9.13 Å². The van der Waals surface area contributed by atoms with Gasteiger partial charge in [0, 0.05) is 33.5 Å². The largest absolute Gasteiger partial charge is 0.386 e. The summed E-state index contributed by atoms with van der Waals surface area (Å²) in [6, 6.07) is 1.24.